The first kappa shape index (κ1) is 16.2. The molecule has 2 aromatic rings. The summed E-state index contributed by atoms with van der Waals surface area (Å²) in [6, 6.07) is 13.4. The Morgan fingerprint density at radius 2 is 2.00 bits per heavy atom. The van der Waals surface area contributed by atoms with Gasteiger partial charge >= 0.3 is 0 Å². The minimum absolute atomic E-state index is 0.227. The Kier molecular flexibility index (Phi) is 4.59. The molecule has 1 heterocycles. The largest absolute Gasteiger partial charge is 0.302 e. The molecule has 2 N–H and O–H groups in total. The molecule has 0 saturated carbocycles. The monoisotopic (exact) mass is 338 g/mol. The molecule has 6 nitrogen and oxygen atoms in total. The van der Waals surface area contributed by atoms with Gasteiger partial charge in [-0.05, 0) is 39.9 Å². The lowest BCUT2D eigenvalue weighted by Crippen LogP contribution is -2.15. The van der Waals surface area contributed by atoms with E-state index in [1.165, 1.54) is 0 Å². The van der Waals surface area contributed by atoms with Crippen LogP contribution < -0.4 is 4.72 Å². The lowest BCUT2D eigenvalue weighted by atomic mass is 9.92. The van der Waals surface area contributed by atoms with Gasteiger partial charge in [-0.2, -0.15) is 10.5 Å². The Bertz CT molecular complexity index is 898. The van der Waals surface area contributed by atoms with E-state index >= 15 is 0 Å². The summed E-state index contributed by atoms with van der Waals surface area (Å²) in [6.07, 6.45) is 2.15. The van der Waals surface area contributed by atoms with E-state index in [2.05, 4.69) is 17.0 Å². The summed E-state index contributed by atoms with van der Waals surface area (Å²) in [5.74, 6) is 0. The van der Waals surface area contributed by atoms with Crippen LogP contribution in [-0.4, -0.2) is 13.7 Å². The number of hydrogen-bond donors (Lipinski definition) is 2. The summed E-state index contributed by atoms with van der Waals surface area (Å²) in [7, 11) is 0. The van der Waals surface area contributed by atoms with Crippen molar-refractivity contribution in [3.8, 4) is 23.4 Å². The highest BCUT2D eigenvalue weighted by Gasteiger charge is 2.23. The van der Waals surface area contributed by atoms with Gasteiger partial charge in [-0.1, -0.05) is 24.3 Å². The second-order valence-corrected chi connectivity index (χ2v) is 6.25. The van der Waals surface area contributed by atoms with E-state index in [1.807, 2.05) is 30.3 Å². The van der Waals surface area contributed by atoms with Gasteiger partial charge in [-0.3, -0.25) is 4.55 Å². The lowest BCUT2D eigenvalue weighted by molar-refractivity contribution is 0.417. The molecule has 0 fully saturated rings. The minimum Gasteiger partial charge on any atom is -0.302 e. The molecule has 1 atom stereocenters. The van der Waals surface area contributed by atoms with E-state index in [0.717, 1.165) is 27.8 Å². The highest BCUT2D eigenvalue weighted by molar-refractivity contribution is 7.77. The Balaban J connectivity index is 2.12. The van der Waals surface area contributed by atoms with Crippen molar-refractivity contribution in [2.45, 2.75) is 19.6 Å². The zero-order valence-corrected chi connectivity index (χ0v) is 13.5. The topological polar surface area (TPSA) is 100 Å². The molecular weight excluding hydrogens is 324 g/mol. The van der Waals surface area contributed by atoms with Gasteiger partial charge in [0.25, 0.3) is 0 Å². The van der Waals surface area contributed by atoms with Gasteiger partial charge in [0.1, 0.15) is 0 Å². The standard InChI is InChI=1S/C17H14N4O2S/c18-7-13-3-1-2-4-15(13)16-6-12(8-20-24(22)23)5-14-9-21(11-19)10-17(14)16/h1-6,20H,8-10H2,(H,22,23). The molecule has 0 spiro atoms. The summed E-state index contributed by atoms with van der Waals surface area (Å²) in [4.78, 5) is 1.64. The number of hydrogen-bond acceptors (Lipinski definition) is 4. The fourth-order valence-corrected chi connectivity index (χ4v) is 3.24. The SMILES string of the molecule is N#Cc1ccccc1-c1cc(CNS(=O)O)cc2c1CN(C#N)C2. The molecule has 2 aromatic carbocycles. The third-order valence-corrected chi connectivity index (χ3v) is 4.38. The summed E-state index contributed by atoms with van der Waals surface area (Å²) in [5.41, 5.74) is 5.12. The minimum atomic E-state index is -2.10. The van der Waals surface area contributed by atoms with Crippen molar-refractivity contribution in [2.75, 3.05) is 0 Å². The maximum atomic E-state index is 10.9. The molecule has 0 aromatic heterocycles. The van der Waals surface area contributed by atoms with Crippen LogP contribution in [0.4, 0.5) is 0 Å². The van der Waals surface area contributed by atoms with Crippen molar-refractivity contribution in [2.24, 2.45) is 0 Å². The number of rotatable bonds is 4. The van der Waals surface area contributed by atoms with E-state index in [-0.39, 0.29) is 6.54 Å². The third-order valence-electron chi connectivity index (χ3n) is 3.99. The molecule has 0 bridgehead atoms. The number of nitrogens with zero attached hydrogens (tertiary/aromatic N) is 3. The van der Waals surface area contributed by atoms with Gasteiger partial charge in [0.15, 0.2) is 6.19 Å². The van der Waals surface area contributed by atoms with E-state index in [1.54, 1.807) is 11.0 Å². The highest BCUT2D eigenvalue weighted by Crippen LogP contribution is 2.35. The smallest absolute Gasteiger partial charge is 0.232 e. The van der Waals surface area contributed by atoms with Crippen LogP contribution in [0.5, 0.6) is 0 Å². The van der Waals surface area contributed by atoms with Gasteiger partial charge in [0, 0.05) is 6.54 Å². The van der Waals surface area contributed by atoms with E-state index in [4.69, 9.17) is 4.55 Å². The first-order valence-corrected chi connectivity index (χ1v) is 8.36. The quantitative estimate of drug-likeness (QED) is 0.658. The predicted octanol–water partition coefficient (Wildman–Crippen LogP) is 2.25. The molecule has 0 aliphatic carbocycles. The van der Waals surface area contributed by atoms with Crippen molar-refractivity contribution in [3.05, 3.63) is 58.7 Å². The van der Waals surface area contributed by atoms with Crippen LogP contribution in [0.25, 0.3) is 11.1 Å². The zero-order valence-electron chi connectivity index (χ0n) is 12.7. The normalized spacial score (nSPS) is 13.9. The fraction of sp³-hybridized carbons (Fsp3) is 0.176. The van der Waals surface area contributed by atoms with Crippen molar-refractivity contribution in [1.29, 1.82) is 10.5 Å². The van der Waals surface area contributed by atoms with Gasteiger partial charge in [-0.15, -0.1) is 0 Å². The average Bonchev–Trinajstić information content (AvgIpc) is 3.02. The number of nitriles is 2. The maximum Gasteiger partial charge on any atom is 0.232 e. The second-order valence-electron chi connectivity index (χ2n) is 5.46. The Morgan fingerprint density at radius 1 is 1.21 bits per heavy atom. The number of nitrogens with one attached hydrogen (secondary N) is 1. The summed E-state index contributed by atoms with van der Waals surface area (Å²) < 4.78 is 22.3. The number of benzene rings is 2. The second kappa shape index (κ2) is 6.81. The van der Waals surface area contributed by atoms with Crippen LogP contribution >= 0.6 is 0 Å². The fourth-order valence-electron chi connectivity index (χ4n) is 2.95. The molecule has 0 saturated heterocycles. The molecule has 3 rings (SSSR count). The molecule has 1 unspecified atom stereocenters. The first-order valence-electron chi connectivity index (χ1n) is 7.25. The van der Waals surface area contributed by atoms with E-state index in [0.29, 0.717) is 18.7 Å². The first-order chi connectivity index (χ1) is 11.6. The van der Waals surface area contributed by atoms with Crippen LogP contribution in [0.1, 0.15) is 22.3 Å². The van der Waals surface area contributed by atoms with Crippen LogP contribution in [-0.2, 0) is 30.9 Å². The zero-order chi connectivity index (χ0) is 17.1. The summed E-state index contributed by atoms with van der Waals surface area (Å²) in [6.45, 7) is 1.23. The van der Waals surface area contributed by atoms with Crippen LogP contribution in [0.15, 0.2) is 36.4 Å². The molecule has 24 heavy (non-hydrogen) atoms. The van der Waals surface area contributed by atoms with Crippen LogP contribution in [0.2, 0.25) is 0 Å². The van der Waals surface area contributed by atoms with Crippen molar-refractivity contribution >= 4 is 11.3 Å². The Hall–Kier alpha value is -2.71. The molecule has 7 heteroatoms. The average molecular weight is 338 g/mol. The predicted molar refractivity (Wildman–Crippen MR) is 89.1 cm³/mol. The van der Waals surface area contributed by atoms with Crippen molar-refractivity contribution < 1.29 is 8.76 Å². The van der Waals surface area contributed by atoms with Crippen LogP contribution in [0, 0.1) is 22.8 Å². The molecule has 1 aliphatic heterocycles. The van der Waals surface area contributed by atoms with Crippen LogP contribution in [0.3, 0.4) is 0 Å². The van der Waals surface area contributed by atoms with Gasteiger partial charge in [0.2, 0.25) is 11.3 Å². The van der Waals surface area contributed by atoms with Gasteiger partial charge in [0.05, 0.1) is 24.7 Å². The molecule has 1 aliphatic rings. The Labute approximate surface area is 142 Å². The molecule has 120 valence electrons. The van der Waals surface area contributed by atoms with Gasteiger partial charge in [-0.25, -0.2) is 8.93 Å². The van der Waals surface area contributed by atoms with Crippen molar-refractivity contribution in [3.63, 3.8) is 0 Å². The number of fused-ring (bicyclic) bond motifs is 1. The molecule has 0 radical (unpaired) electrons. The van der Waals surface area contributed by atoms with E-state index in [9.17, 15) is 14.7 Å². The summed E-state index contributed by atoms with van der Waals surface area (Å²) in [5, 5.41) is 18.6. The van der Waals surface area contributed by atoms with Crippen molar-refractivity contribution in [1.82, 2.24) is 9.62 Å². The molecular formula is C17H14N4O2S. The van der Waals surface area contributed by atoms with Gasteiger partial charge < -0.3 is 4.90 Å². The Morgan fingerprint density at radius 3 is 2.71 bits per heavy atom. The lowest BCUT2D eigenvalue weighted by Gasteiger charge is -2.13. The maximum absolute atomic E-state index is 10.9. The highest BCUT2D eigenvalue weighted by atomic mass is 32.2. The molecule has 0 amide bonds. The van der Waals surface area contributed by atoms with E-state index < -0.39 is 11.3 Å². The summed E-state index contributed by atoms with van der Waals surface area (Å²) >= 11 is -2.10. The third kappa shape index (κ3) is 3.15.